The second kappa shape index (κ2) is 7.85. The molecule has 8 heteroatoms. The van der Waals surface area contributed by atoms with Crippen molar-refractivity contribution in [1.82, 2.24) is 10.1 Å². The van der Waals surface area contributed by atoms with Crippen LogP contribution in [0.4, 0.5) is 0 Å². The number of nitrogens with two attached hydrogens (primary N) is 1. The van der Waals surface area contributed by atoms with Crippen LogP contribution in [0.1, 0.15) is 17.1 Å². The number of halogens is 1. The molecule has 0 unspecified atom stereocenters. The highest BCUT2D eigenvalue weighted by molar-refractivity contribution is 5.85. The lowest BCUT2D eigenvalue weighted by molar-refractivity contribution is 0.354. The van der Waals surface area contributed by atoms with Crippen LogP contribution < -0.4 is 15.2 Å². The Morgan fingerprint density at radius 1 is 1.12 bits per heavy atom. The van der Waals surface area contributed by atoms with Crippen LogP contribution in [-0.2, 0) is 13.0 Å². The summed E-state index contributed by atoms with van der Waals surface area (Å²) in [6, 6.07) is 7.45. The third-order valence-electron chi connectivity index (χ3n) is 3.38. The summed E-state index contributed by atoms with van der Waals surface area (Å²) in [6.07, 6.45) is 2.07. The van der Waals surface area contributed by atoms with Gasteiger partial charge in [0.1, 0.15) is 12.0 Å². The number of hydrogen-bond donors (Lipinski definition) is 1. The Kier molecular flexibility index (Phi) is 5.83. The number of benzene rings is 1. The Labute approximate surface area is 145 Å². The molecule has 3 aromatic rings. The number of nitrogens with zero attached hydrogens (tertiary/aromatic N) is 2. The molecule has 0 aliphatic carbocycles. The largest absolute Gasteiger partial charge is 0.493 e. The number of ether oxygens (including phenoxy) is 2. The Morgan fingerprint density at radius 3 is 2.58 bits per heavy atom. The van der Waals surface area contributed by atoms with E-state index < -0.39 is 0 Å². The third kappa shape index (κ3) is 3.69. The van der Waals surface area contributed by atoms with Crippen molar-refractivity contribution in [2.45, 2.75) is 13.0 Å². The van der Waals surface area contributed by atoms with E-state index >= 15 is 0 Å². The van der Waals surface area contributed by atoms with Gasteiger partial charge in [0.2, 0.25) is 0 Å². The van der Waals surface area contributed by atoms with Crippen LogP contribution in [0.2, 0.25) is 0 Å². The molecule has 128 valence electrons. The van der Waals surface area contributed by atoms with Gasteiger partial charge in [0.15, 0.2) is 17.3 Å². The maximum absolute atomic E-state index is 5.52. The molecule has 0 aliphatic rings. The van der Waals surface area contributed by atoms with E-state index in [9.17, 15) is 0 Å². The van der Waals surface area contributed by atoms with Crippen molar-refractivity contribution in [1.29, 1.82) is 0 Å². The van der Waals surface area contributed by atoms with Crippen LogP contribution in [0, 0.1) is 0 Å². The molecule has 0 saturated heterocycles. The Bertz CT molecular complexity index is 800. The minimum atomic E-state index is 0. The van der Waals surface area contributed by atoms with Crippen molar-refractivity contribution in [3.05, 3.63) is 47.7 Å². The van der Waals surface area contributed by atoms with E-state index in [4.69, 9.17) is 24.1 Å². The predicted octanol–water partition coefficient (Wildman–Crippen LogP) is 2.82. The molecule has 2 N–H and O–H groups in total. The fourth-order valence-corrected chi connectivity index (χ4v) is 2.22. The van der Waals surface area contributed by atoms with Crippen molar-refractivity contribution >= 4 is 12.4 Å². The molecule has 0 atom stereocenters. The molecule has 0 amide bonds. The Balaban J connectivity index is 0.00000208. The van der Waals surface area contributed by atoms with Crippen LogP contribution in [0.5, 0.6) is 11.5 Å². The van der Waals surface area contributed by atoms with Gasteiger partial charge in [-0.05, 0) is 23.8 Å². The van der Waals surface area contributed by atoms with Gasteiger partial charge in [-0.25, -0.2) is 0 Å². The van der Waals surface area contributed by atoms with E-state index in [-0.39, 0.29) is 12.4 Å². The fraction of sp³-hybridized carbons (Fsp3) is 0.250. The lowest BCUT2D eigenvalue weighted by Crippen LogP contribution is -1.95. The van der Waals surface area contributed by atoms with Crippen LogP contribution in [0.15, 0.2) is 39.5 Å². The minimum absolute atomic E-state index is 0. The van der Waals surface area contributed by atoms with E-state index in [1.165, 1.54) is 0 Å². The first-order valence-corrected chi connectivity index (χ1v) is 7.05. The fourth-order valence-electron chi connectivity index (χ4n) is 2.22. The van der Waals surface area contributed by atoms with Crippen molar-refractivity contribution in [2.24, 2.45) is 5.73 Å². The van der Waals surface area contributed by atoms with Gasteiger partial charge in [-0.15, -0.1) is 12.4 Å². The zero-order valence-corrected chi connectivity index (χ0v) is 14.1. The van der Waals surface area contributed by atoms with Crippen molar-refractivity contribution in [3.8, 4) is 23.0 Å². The first-order valence-electron chi connectivity index (χ1n) is 7.05. The summed E-state index contributed by atoms with van der Waals surface area (Å²) in [5.74, 6) is 2.99. The standard InChI is InChI=1S/C16H17N3O4.ClH/c1-20-13-4-3-10(5-14(13)21-2)6-15-18-16(23-19-15)11-7-12(8-17)22-9-11;/h3-5,7,9H,6,8,17H2,1-2H3;1H. The molecule has 0 saturated carbocycles. The highest BCUT2D eigenvalue weighted by Crippen LogP contribution is 2.28. The number of rotatable bonds is 6. The lowest BCUT2D eigenvalue weighted by Gasteiger charge is -2.08. The highest BCUT2D eigenvalue weighted by Gasteiger charge is 2.13. The monoisotopic (exact) mass is 351 g/mol. The van der Waals surface area contributed by atoms with Gasteiger partial charge in [0, 0.05) is 6.42 Å². The minimum Gasteiger partial charge on any atom is -0.493 e. The molecule has 0 radical (unpaired) electrons. The van der Waals surface area contributed by atoms with Crippen molar-refractivity contribution in [3.63, 3.8) is 0 Å². The summed E-state index contributed by atoms with van der Waals surface area (Å²) in [5.41, 5.74) is 7.23. The SMILES string of the molecule is COc1ccc(Cc2noc(-c3coc(CN)c3)n2)cc1OC.Cl. The predicted molar refractivity (Wildman–Crippen MR) is 89.5 cm³/mol. The quantitative estimate of drug-likeness (QED) is 0.729. The Morgan fingerprint density at radius 2 is 1.92 bits per heavy atom. The number of furan rings is 1. The molecular formula is C16H18ClN3O4. The highest BCUT2D eigenvalue weighted by atomic mass is 35.5. The molecule has 0 fully saturated rings. The Hall–Kier alpha value is -2.51. The maximum Gasteiger partial charge on any atom is 0.261 e. The molecule has 2 heterocycles. The van der Waals surface area contributed by atoms with Gasteiger partial charge < -0.3 is 24.1 Å². The molecule has 0 bridgehead atoms. The number of aromatic nitrogens is 2. The normalized spacial score (nSPS) is 10.3. The summed E-state index contributed by atoms with van der Waals surface area (Å²) < 4.78 is 21.0. The molecule has 0 spiro atoms. The molecule has 7 nitrogen and oxygen atoms in total. The topological polar surface area (TPSA) is 96.5 Å². The summed E-state index contributed by atoms with van der Waals surface area (Å²) in [7, 11) is 3.20. The van der Waals surface area contributed by atoms with Crippen LogP contribution in [0.3, 0.4) is 0 Å². The smallest absolute Gasteiger partial charge is 0.261 e. The van der Waals surface area contributed by atoms with E-state index in [0.29, 0.717) is 41.9 Å². The van der Waals surface area contributed by atoms with Gasteiger partial charge in [-0.3, -0.25) is 0 Å². The molecule has 0 aliphatic heterocycles. The first kappa shape index (κ1) is 17.8. The van der Waals surface area contributed by atoms with Gasteiger partial charge >= 0.3 is 0 Å². The molecule has 24 heavy (non-hydrogen) atoms. The third-order valence-corrected chi connectivity index (χ3v) is 3.38. The van der Waals surface area contributed by atoms with Crippen molar-refractivity contribution < 1.29 is 18.4 Å². The average molecular weight is 352 g/mol. The van der Waals surface area contributed by atoms with E-state index in [1.807, 2.05) is 18.2 Å². The van der Waals surface area contributed by atoms with Gasteiger partial charge in [-0.1, -0.05) is 11.2 Å². The lowest BCUT2D eigenvalue weighted by atomic mass is 10.1. The molecule has 2 aromatic heterocycles. The first-order chi connectivity index (χ1) is 11.2. The second-order valence-electron chi connectivity index (χ2n) is 4.89. The van der Waals surface area contributed by atoms with Crippen LogP contribution >= 0.6 is 12.4 Å². The van der Waals surface area contributed by atoms with Crippen LogP contribution in [-0.4, -0.2) is 24.4 Å². The maximum atomic E-state index is 5.52. The molecule has 1 aromatic carbocycles. The zero-order chi connectivity index (χ0) is 16.2. The molecule has 3 rings (SSSR count). The number of hydrogen-bond acceptors (Lipinski definition) is 7. The summed E-state index contributed by atoms with van der Waals surface area (Å²) in [5, 5.41) is 3.99. The van der Waals surface area contributed by atoms with Crippen molar-refractivity contribution in [2.75, 3.05) is 14.2 Å². The number of methoxy groups -OCH3 is 2. The van der Waals surface area contributed by atoms with Gasteiger partial charge in [0.05, 0.1) is 26.3 Å². The van der Waals surface area contributed by atoms with E-state index in [1.54, 1.807) is 26.5 Å². The zero-order valence-electron chi connectivity index (χ0n) is 13.3. The van der Waals surface area contributed by atoms with Gasteiger partial charge in [0.25, 0.3) is 5.89 Å². The average Bonchev–Trinajstić information content (AvgIpc) is 3.23. The van der Waals surface area contributed by atoms with E-state index in [2.05, 4.69) is 10.1 Å². The summed E-state index contributed by atoms with van der Waals surface area (Å²) >= 11 is 0. The van der Waals surface area contributed by atoms with Crippen LogP contribution in [0.25, 0.3) is 11.5 Å². The van der Waals surface area contributed by atoms with E-state index in [0.717, 1.165) is 11.1 Å². The summed E-state index contributed by atoms with van der Waals surface area (Å²) in [4.78, 5) is 4.37. The summed E-state index contributed by atoms with van der Waals surface area (Å²) in [6.45, 7) is 0.326. The van der Waals surface area contributed by atoms with Gasteiger partial charge in [-0.2, -0.15) is 4.98 Å². The second-order valence-corrected chi connectivity index (χ2v) is 4.89. The molecular weight excluding hydrogens is 334 g/mol.